The van der Waals surface area contributed by atoms with E-state index in [0.29, 0.717) is 25.2 Å². The zero-order chi connectivity index (χ0) is 21.5. The molecule has 30 heavy (non-hydrogen) atoms. The van der Waals surface area contributed by atoms with E-state index in [9.17, 15) is 9.59 Å². The van der Waals surface area contributed by atoms with Crippen LogP contribution in [0.1, 0.15) is 61.0 Å². The fourth-order valence-electron chi connectivity index (χ4n) is 4.01. The van der Waals surface area contributed by atoms with Crippen LogP contribution in [0.4, 0.5) is 4.79 Å². The van der Waals surface area contributed by atoms with Gasteiger partial charge in [-0.2, -0.15) is 0 Å². The molecule has 1 heterocycles. The van der Waals surface area contributed by atoms with E-state index < -0.39 is 0 Å². The lowest BCUT2D eigenvalue weighted by Crippen LogP contribution is -2.47. The van der Waals surface area contributed by atoms with E-state index in [1.165, 1.54) is 0 Å². The lowest BCUT2D eigenvalue weighted by atomic mass is 9.89. The van der Waals surface area contributed by atoms with Gasteiger partial charge in [0, 0.05) is 43.7 Å². The SMILES string of the molecule is CCN(Cc1ccccc1)C(=O)c1cccc([C@@H]2CCCN(C(=O)NC(C)C)C2)c1. The first kappa shape index (κ1) is 21.9. The average molecular weight is 408 g/mol. The summed E-state index contributed by atoms with van der Waals surface area (Å²) in [6.45, 7) is 8.70. The van der Waals surface area contributed by atoms with Crippen molar-refractivity contribution < 1.29 is 9.59 Å². The number of piperidine rings is 1. The average Bonchev–Trinajstić information content (AvgIpc) is 2.77. The summed E-state index contributed by atoms with van der Waals surface area (Å²) < 4.78 is 0. The molecule has 5 heteroatoms. The summed E-state index contributed by atoms with van der Waals surface area (Å²) in [6.07, 6.45) is 2.01. The first-order valence-corrected chi connectivity index (χ1v) is 11.0. The minimum absolute atomic E-state index is 0.00181. The van der Waals surface area contributed by atoms with Gasteiger partial charge in [-0.15, -0.1) is 0 Å². The molecule has 1 saturated heterocycles. The molecule has 1 N–H and O–H groups in total. The number of nitrogens with zero attached hydrogens (tertiary/aromatic N) is 2. The van der Waals surface area contributed by atoms with Crippen LogP contribution in [-0.4, -0.2) is 47.4 Å². The Morgan fingerprint density at radius 3 is 2.60 bits per heavy atom. The maximum Gasteiger partial charge on any atom is 0.317 e. The molecule has 2 aromatic carbocycles. The van der Waals surface area contributed by atoms with Crippen LogP contribution >= 0.6 is 0 Å². The highest BCUT2D eigenvalue weighted by atomic mass is 16.2. The number of nitrogens with one attached hydrogen (secondary N) is 1. The molecule has 3 rings (SSSR count). The third kappa shape index (κ3) is 5.62. The standard InChI is InChI=1S/C25H33N3O2/c1-4-27(17-20-10-6-5-7-11-20)24(29)22-13-8-12-21(16-22)23-14-9-15-28(18-23)25(30)26-19(2)3/h5-8,10-13,16,19,23H,4,9,14-15,17-18H2,1-3H3,(H,26,30)/t23-/m1/s1. The maximum atomic E-state index is 13.2. The summed E-state index contributed by atoms with van der Waals surface area (Å²) in [5, 5.41) is 2.99. The zero-order valence-corrected chi connectivity index (χ0v) is 18.3. The minimum atomic E-state index is 0.00181. The van der Waals surface area contributed by atoms with Gasteiger partial charge in [0.05, 0.1) is 0 Å². The molecule has 0 bridgehead atoms. The molecule has 160 valence electrons. The Morgan fingerprint density at radius 2 is 1.90 bits per heavy atom. The van der Waals surface area contributed by atoms with Crippen LogP contribution in [0.2, 0.25) is 0 Å². The van der Waals surface area contributed by atoms with E-state index >= 15 is 0 Å². The highest BCUT2D eigenvalue weighted by Gasteiger charge is 2.26. The van der Waals surface area contributed by atoms with Gasteiger partial charge in [0.1, 0.15) is 0 Å². The molecule has 5 nitrogen and oxygen atoms in total. The molecule has 1 fully saturated rings. The van der Waals surface area contributed by atoms with E-state index in [2.05, 4.69) is 11.4 Å². The normalized spacial score (nSPS) is 16.4. The number of urea groups is 1. The molecule has 1 atom stereocenters. The van der Waals surface area contributed by atoms with Gasteiger partial charge in [0.25, 0.3) is 5.91 Å². The van der Waals surface area contributed by atoms with E-state index in [1.807, 2.05) is 79.1 Å². The van der Waals surface area contributed by atoms with Crippen molar-refractivity contribution in [3.05, 3.63) is 71.3 Å². The summed E-state index contributed by atoms with van der Waals surface area (Å²) in [4.78, 5) is 29.3. The highest BCUT2D eigenvalue weighted by Crippen LogP contribution is 2.28. The van der Waals surface area contributed by atoms with Crippen molar-refractivity contribution >= 4 is 11.9 Å². The zero-order valence-electron chi connectivity index (χ0n) is 18.3. The van der Waals surface area contributed by atoms with Gasteiger partial charge in [-0.3, -0.25) is 4.79 Å². The minimum Gasteiger partial charge on any atom is -0.336 e. The number of benzene rings is 2. The largest absolute Gasteiger partial charge is 0.336 e. The number of rotatable bonds is 6. The third-order valence-corrected chi connectivity index (χ3v) is 5.61. The van der Waals surface area contributed by atoms with Gasteiger partial charge >= 0.3 is 6.03 Å². The summed E-state index contributed by atoms with van der Waals surface area (Å²) in [6, 6.07) is 18.2. The quantitative estimate of drug-likeness (QED) is 0.758. The second kappa shape index (κ2) is 10.3. The molecule has 3 amide bonds. The van der Waals surface area contributed by atoms with Crippen molar-refractivity contribution in [2.45, 2.75) is 52.1 Å². The van der Waals surface area contributed by atoms with Crippen LogP contribution in [0, 0.1) is 0 Å². The monoisotopic (exact) mass is 407 g/mol. The fraction of sp³-hybridized carbons (Fsp3) is 0.440. The van der Waals surface area contributed by atoms with Crippen molar-refractivity contribution in [2.75, 3.05) is 19.6 Å². The van der Waals surface area contributed by atoms with Crippen molar-refractivity contribution in [1.82, 2.24) is 15.1 Å². The Hall–Kier alpha value is -2.82. The van der Waals surface area contributed by atoms with Crippen LogP contribution in [-0.2, 0) is 6.54 Å². The first-order valence-electron chi connectivity index (χ1n) is 11.0. The Morgan fingerprint density at radius 1 is 1.13 bits per heavy atom. The van der Waals surface area contributed by atoms with Gasteiger partial charge < -0.3 is 15.1 Å². The summed E-state index contributed by atoms with van der Waals surface area (Å²) >= 11 is 0. The second-order valence-corrected chi connectivity index (χ2v) is 8.32. The lowest BCUT2D eigenvalue weighted by Gasteiger charge is -2.33. The predicted molar refractivity (Wildman–Crippen MR) is 121 cm³/mol. The van der Waals surface area contributed by atoms with Crippen molar-refractivity contribution in [3.8, 4) is 0 Å². The van der Waals surface area contributed by atoms with Crippen LogP contribution in [0.25, 0.3) is 0 Å². The van der Waals surface area contributed by atoms with E-state index in [1.54, 1.807) is 0 Å². The fourth-order valence-corrected chi connectivity index (χ4v) is 4.01. The number of carbonyl (C=O) groups excluding carboxylic acids is 2. The lowest BCUT2D eigenvalue weighted by molar-refractivity contribution is 0.0752. The third-order valence-electron chi connectivity index (χ3n) is 5.61. The van der Waals surface area contributed by atoms with Gasteiger partial charge in [-0.1, -0.05) is 42.5 Å². The smallest absolute Gasteiger partial charge is 0.317 e. The summed E-state index contributed by atoms with van der Waals surface area (Å²) in [5.41, 5.74) is 2.98. The molecule has 0 spiro atoms. The molecular weight excluding hydrogens is 374 g/mol. The van der Waals surface area contributed by atoms with Crippen LogP contribution in [0.3, 0.4) is 0 Å². The van der Waals surface area contributed by atoms with Crippen molar-refractivity contribution in [3.63, 3.8) is 0 Å². The molecule has 0 aromatic heterocycles. The molecule has 0 unspecified atom stereocenters. The summed E-state index contributed by atoms with van der Waals surface area (Å²) in [7, 11) is 0. The van der Waals surface area contributed by atoms with Crippen LogP contribution in [0.5, 0.6) is 0 Å². The van der Waals surface area contributed by atoms with E-state index in [-0.39, 0.29) is 23.9 Å². The first-order chi connectivity index (χ1) is 14.5. The summed E-state index contributed by atoms with van der Waals surface area (Å²) in [5.74, 6) is 0.307. The topological polar surface area (TPSA) is 52.7 Å². The molecule has 0 radical (unpaired) electrons. The van der Waals surface area contributed by atoms with Gasteiger partial charge in [0.2, 0.25) is 0 Å². The van der Waals surface area contributed by atoms with Crippen LogP contribution in [0.15, 0.2) is 54.6 Å². The number of hydrogen-bond acceptors (Lipinski definition) is 2. The predicted octanol–water partition coefficient (Wildman–Crippen LogP) is 4.65. The van der Waals surface area contributed by atoms with Gasteiger partial charge in [-0.05, 0) is 56.9 Å². The van der Waals surface area contributed by atoms with E-state index in [4.69, 9.17) is 0 Å². The number of hydrogen-bond donors (Lipinski definition) is 1. The van der Waals surface area contributed by atoms with Crippen LogP contribution < -0.4 is 5.32 Å². The molecular formula is C25H33N3O2. The Bertz CT molecular complexity index is 850. The van der Waals surface area contributed by atoms with Gasteiger partial charge in [-0.25, -0.2) is 4.79 Å². The second-order valence-electron chi connectivity index (χ2n) is 8.32. The van der Waals surface area contributed by atoms with Crippen molar-refractivity contribution in [1.29, 1.82) is 0 Å². The molecule has 2 aromatic rings. The maximum absolute atomic E-state index is 13.2. The highest BCUT2D eigenvalue weighted by molar-refractivity contribution is 5.94. The Labute approximate surface area is 180 Å². The molecule has 0 saturated carbocycles. The molecule has 0 aliphatic carbocycles. The number of carbonyl (C=O) groups is 2. The Balaban J connectivity index is 1.71. The van der Waals surface area contributed by atoms with Crippen molar-refractivity contribution in [2.24, 2.45) is 0 Å². The van der Waals surface area contributed by atoms with E-state index in [0.717, 1.165) is 30.5 Å². The Kier molecular flexibility index (Phi) is 7.50. The van der Waals surface area contributed by atoms with Gasteiger partial charge in [0.15, 0.2) is 0 Å². The number of likely N-dealkylation sites (tertiary alicyclic amines) is 1. The molecule has 1 aliphatic heterocycles. The molecule has 1 aliphatic rings. The number of amides is 3.